The summed E-state index contributed by atoms with van der Waals surface area (Å²) in [6.45, 7) is 5.74. The lowest BCUT2D eigenvalue weighted by atomic mass is 9.93. The number of benzene rings is 1. The second kappa shape index (κ2) is 6.53. The molecule has 106 valence electrons. The average molecular weight is 271 g/mol. The lowest BCUT2D eigenvalue weighted by molar-refractivity contribution is -0.134. The van der Waals surface area contributed by atoms with E-state index in [1.165, 1.54) is 5.56 Å². The quantitative estimate of drug-likeness (QED) is 0.909. The highest BCUT2D eigenvalue weighted by atomic mass is 16.2. The van der Waals surface area contributed by atoms with Crippen LogP contribution in [0.1, 0.15) is 31.0 Å². The highest BCUT2D eigenvalue weighted by molar-refractivity contribution is 5.84. The molecule has 0 saturated heterocycles. The van der Waals surface area contributed by atoms with E-state index in [0.717, 1.165) is 18.5 Å². The van der Waals surface area contributed by atoms with Gasteiger partial charge in [0.2, 0.25) is 5.91 Å². The molecule has 0 spiro atoms. The number of hydrogen-bond donors (Lipinski definition) is 1. The number of rotatable bonds is 4. The summed E-state index contributed by atoms with van der Waals surface area (Å²) in [5.74, 6) is -0.0699. The Kier molecular flexibility index (Phi) is 4.75. The molecule has 20 heavy (non-hydrogen) atoms. The van der Waals surface area contributed by atoms with Crippen molar-refractivity contribution in [1.29, 1.82) is 5.26 Å². The minimum absolute atomic E-state index is 0.0711. The van der Waals surface area contributed by atoms with E-state index in [9.17, 15) is 4.79 Å². The standard InChI is InChI=1S/C16H21N3O/c1-3-19(11-12(2)10-17)16(20)15-14-7-5-4-6-13(14)8-9-18-15/h4-7,12,15,18H,3,8-9,11H2,1-2H3. The van der Waals surface area contributed by atoms with Crippen molar-refractivity contribution in [2.24, 2.45) is 5.92 Å². The van der Waals surface area contributed by atoms with Crippen LogP contribution in [0.3, 0.4) is 0 Å². The van der Waals surface area contributed by atoms with Gasteiger partial charge in [-0.3, -0.25) is 4.79 Å². The van der Waals surface area contributed by atoms with Gasteiger partial charge in [-0.05, 0) is 31.4 Å². The smallest absolute Gasteiger partial charge is 0.244 e. The largest absolute Gasteiger partial charge is 0.340 e. The highest BCUT2D eigenvalue weighted by Gasteiger charge is 2.29. The SMILES string of the molecule is CCN(CC(C)C#N)C(=O)C1NCCc2ccccc21. The summed E-state index contributed by atoms with van der Waals surface area (Å²) >= 11 is 0. The van der Waals surface area contributed by atoms with Crippen LogP contribution in [0.15, 0.2) is 24.3 Å². The average Bonchev–Trinajstić information content (AvgIpc) is 2.51. The molecule has 1 N–H and O–H groups in total. The Morgan fingerprint density at radius 2 is 2.30 bits per heavy atom. The molecule has 0 radical (unpaired) electrons. The monoisotopic (exact) mass is 271 g/mol. The molecule has 0 aliphatic carbocycles. The Balaban J connectivity index is 2.19. The van der Waals surface area contributed by atoms with Crippen molar-refractivity contribution in [3.05, 3.63) is 35.4 Å². The first-order valence-electron chi connectivity index (χ1n) is 7.17. The van der Waals surface area contributed by atoms with Crippen molar-refractivity contribution < 1.29 is 4.79 Å². The van der Waals surface area contributed by atoms with Gasteiger partial charge in [-0.2, -0.15) is 5.26 Å². The fourth-order valence-corrected chi connectivity index (χ4v) is 2.65. The molecular formula is C16H21N3O. The third-order valence-corrected chi connectivity index (χ3v) is 3.76. The van der Waals surface area contributed by atoms with E-state index in [1.54, 1.807) is 4.90 Å². The summed E-state index contributed by atoms with van der Waals surface area (Å²) < 4.78 is 0. The van der Waals surface area contributed by atoms with Gasteiger partial charge in [-0.1, -0.05) is 24.3 Å². The molecule has 1 aromatic rings. The summed E-state index contributed by atoms with van der Waals surface area (Å²) in [4.78, 5) is 14.5. The third kappa shape index (κ3) is 3.00. The van der Waals surface area contributed by atoms with Crippen LogP contribution in [0.2, 0.25) is 0 Å². The predicted octanol–water partition coefficient (Wildman–Crippen LogP) is 1.88. The van der Waals surface area contributed by atoms with Crippen LogP contribution in [0.4, 0.5) is 0 Å². The number of nitriles is 1. The molecule has 0 bridgehead atoms. The van der Waals surface area contributed by atoms with Crippen LogP contribution >= 0.6 is 0 Å². The van der Waals surface area contributed by atoms with Crippen molar-refractivity contribution >= 4 is 5.91 Å². The number of carbonyl (C=O) groups is 1. The molecule has 0 saturated carbocycles. The molecule has 4 heteroatoms. The first kappa shape index (κ1) is 14.5. The van der Waals surface area contributed by atoms with Crippen molar-refractivity contribution in [3.63, 3.8) is 0 Å². The third-order valence-electron chi connectivity index (χ3n) is 3.76. The normalized spacial score (nSPS) is 18.8. The molecule has 1 heterocycles. The second-order valence-electron chi connectivity index (χ2n) is 5.24. The van der Waals surface area contributed by atoms with Gasteiger partial charge in [0.25, 0.3) is 0 Å². The van der Waals surface area contributed by atoms with Gasteiger partial charge in [0, 0.05) is 19.6 Å². The number of hydrogen-bond acceptors (Lipinski definition) is 3. The Hall–Kier alpha value is -1.86. The molecule has 1 amide bonds. The minimum atomic E-state index is -0.272. The molecule has 1 aliphatic heterocycles. The fraction of sp³-hybridized carbons (Fsp3) is 0.500. The van der Waals surface area contributed by atoms with Crippen LogP contribution in [0.25, 0.3) is 0 Å². The van der Waals surface area contributed by atoms with Gasteiger partial charge in [0.05, 0.1) is 12.0 Å². The number of nitrogens with zero attached hydrogens (tertiary/aromatic N) is 2. The van der Waals surface area contributed by atoms with Crippen LogP contribution < -0.4 is 5.32 Å². The zero-order valence-electron chi connectivity index (χ0n) is 12.1. The molecule has 0 aromatic heterocycles. The molecule has 1 aromatic carbocycles. The molecule has 2 unspecified atom stereocenters. The summed E-state index contributed by atoms with van der Waals surface area (Å²) in [6.07, 6.45) is 0.959. The number of nitrogens with one attached hydrogen (secondary N) is 1. The minimum Gasteiger partial charge on any atom is -0.340 e. The van der Waals surface area contributed by atoms with Crippen molar-refractivity contribution in [2.75, 3.05) is 19.6 Å². The first-order chi connectivity index (χ1) is 9.67. The number of fused-ring (bicyclic) bond motifs is 1. The van der Waals surface area contributed by atoms with Gasteiger partial charge in [0.1, 0.15) is 6.04 Å². The molecule has 4 nitrogen and oxygen atoms in total. The fourth-order valence-electron chi connectivity index (χ4n) is 2.65. The van der Waals surface area contributed by atoms with Crippen LogP contribution in [0.5, 0.6) is 0 Å². The molecule has 1 aliphatic rings. The summed E-state index contributed by atoms with van der Waals surface area (Å²) in [5, 5.41) is 12.2. The molecule has 0 fully saturated rings. The predicted molar refractivity (Wildman–Crippen MR) is 77.9 cm³/mol. The second-order valence-corrected chi connectivity index (χ2v) is 5.24. The lowest BCUT2D eigenvalue weighted by Crippen LogP contribution is -2.45. The van der Waals surface area contributed by atoms with E-state index in [4.69, 9.17) is 5.26 Å². The first-order valence-corrected chi connectivity index (χ1v) is 7.17. The Morgan fingerprint density at radius 3 is 3.00 bits per heavy atom. The van der Waals surface area contributed by atoms with E-state index in [2.05, 4.69) is 17.5 Å². The topological polar surface area (TPSA) is 56.1 Å². The maximum atomic E-state index is 12.7. The van der Waals surface area contributed by atoms with Gasteiger partial charge >= 0.3 is 0 Å². The lowest BCUT2D eigenvalue weighted by Gasteiger charge is -2.31. The number of likely N-dealkylation sites (N-methyl/N-ethyl adjacent to an activating group) is 1. The molecular weight excluding hydrogens is 250 g/mol. The van der Waals surface area contributed by atoms with E-state index in [0.29, 0.717) is 13.1 Å². The van der Waals surface area contributed by atoms with Gasteiger partial charge in [0.15, 0.2) is 0 Å². The highest BCUT2D eigenvalue weighted by Crippen LogP contribution is 2.24. The maximum absolute atomic E-state index is 12.7. The van der Waals surface area contributed by atoms with Crippen LogP contribution in [0, 0.1) is 17.2 Å². The number of amides is 1. The van der Waals surface area contributed by atoms with Crippen LogP contribution in [-0.2, 0) is 11.2 Å². The van der Waals surface area contributed by atoms with Crippen molar-refractivity contribution in [2.45, 2.75) is 26.3 Å². The zero-order valence-corrected chi connectivity index (χ0v) is 12.1. The van der Waals surface area contributed by atoms with Crippen molar-refractivity contribution in [3.8, 4) is 6.07 Å². The van der Waals surface area contributed by atoms with Crippen molar-refractivity contribution in [1.82, 2.24) is 10.2 Å². The Labute approximate surface area is 120 Å². The van der Waals surface area contributed by atoms with E-state index in [-0.39, 0.29) is 17.9 Å². The van der Waals surface area contributed by atoms with E-state index >= 15 is 0 Å². The zero-order chi connectivity index (χ0) is 14.5. The summed E-state index contributed by atoms with van der Waals surface area (Å²) in [5.41, 5.74) is 2.32. The summed E-state index contributed by atoms with van der Waals surface area (Å²) in [7, 11) is 0. The molecule has 2 rings (SSSR count). The number of carbonyl (C=O) groups excluding carboxylic acids is 1. The van der Waals surface area contributed by atoms with Gasteiger partial charge in [-0.15, -0.1) is 0 Å². The molecule has 2 atom stereocenters. The summed E-state index contributed by atoms with van der Waals surface area (Å²) in [6, 6.07) is 10.0. The van der Waals surface area contributed by atoms with Gasteiger partial charge in [-0.25, -0.2) is 0 Å². The van der Waals surface area contributed by atoms with Gasteiger partial charge < -0.3 is 10.2 Å². The van der Waals surface area contributed by atoms with Crippen LogP contribution in [-0.4, -0.2) is 30.4 Å². The van der Waals surface area contributed by atoms with E-state index < -0.39 is 0 Å². The maximum Gasteiger partial charge on any atom is 0.244 e. The van der Waals surface area contributed by atoms with E-state index in [1.807, 2.05) is 32.0 Å². The Morgan fingerprint density at radius 1 is 1.55 bits per heavy atom. The Bertz CT molecular complexity index is 521.